The van der Waals surface area contributed by atoms with Crippen LogP contribution in [0.2, 0.25) is 0 Å². The van der Waals surface area contributed by atoms with E-state index < -0.39 is 24.3 Å². The van der Waals surface area contributed by atoms with Crippen LogP contribution in [0.25, 0.3) is 10.9 Å². The van der Waals surface area contributed by atoms with Gasteiger partial charge in [0.2, 0.25) is 0 Å². The van der Waals surface area contributed by atoms with E-state index in [9.17, 15) is 26.3 Å². The van der Waals surface area contributed by atoms with E-state index in [1.54, 1.807) is 12.4 Å². The van der Waals surface area contributed by atoms with Gasteiger partial charge in [0.25, 0.3) is 0 Å². The van der Waals surface area contributed by atoms with Crippen molar-refractivity contribution in [3.8, 4) is 0 Å². The molecule has 15 heteroatoms. The third kappa shape index (κ3) is 10.1. The molecule has 3 rings (SSSR count). The van der Waals surface area contributed by atoms with Crippen molar-refractivity contribution in [3.05, 3.63) is 66.1 Å². The maximum absolute atomic E-state index is 10.6. The second kappa shape index (κ2) is 12.9. The van der Waals surface area contributed by atoms with Crippen LogP contribution < -0.4 is 5.73 Å². The Morgan fingerprint density at radius 2 is 1.54 bits per heavy atom. The van der Waals surface area contributed by atoms with Crippen LogP contribution in [0.1, 0.15) is 11.3 Å². The number of nitrogens with two attached hydrogens (primary N) is 1. The van der Waals surface area contributed by atoms with Gasteiger partial charge in [-0.1, -0.05) is 35.5 Å². The average Bonchev–Trinajstić information content (AvgIpc) is 3.21. The van der Waals surface area contributed by atoms with Crippen molar-refractivity contribution >= 4 is 28.6 Å². The van der Waals surface area contributed by atoms with Gasteiger partial charge in [0.1, 0.15) is 12.3 Å². The molecule has 9 nitrogen and oxygen atoms in total. The van der Waals surface area contributed by atoms with Crippen LogP contribution in [0, 0.1) is 0 Å². The quantitative estimate of drug-likeness (QED) is 0.178. The Hall–Kier alpha value is -4.14. The first-order valence-electron chi connectivity index (χ1n) is 9.26. The van der Waals surface area contributed by atoms with Crippen molar-refractivity contribution in [3.63, 3.8) is 0 Å². The van der Waals surface area contributed by atoms with Crippen LogP contribution in [0.15, 0.2) is 60.0 Å². The third-order valence-corrected chi connectivity index (χ3v) is 3.58. The number of aliphatic carboxylic acids is 2. The topological polar surface area (TPSA) is 151 Å². The lowest BCUT2D eigenvalue weighted by Gasteiger charge is -2.05. The number of oxime groups is 1. The maximum Gasteiger partial charge on any atom is 0.490 e. The highest BCUT2D eigenvalue weighted by molar-refractivity contribution is 6.13. The number of alkyl halides is 6. The van der Waals surface area contributed by atoms with Gasteiger partial charge >= 0.3 is 24.3 Å². The number of rotatable bonds is 5. The Labute approximate surface area is 192 Å². The summed E-state index contributed by atoms with van der Waals surface area (Å²) in [6, 6.07) is 13.9. The summed E-state index contributed by atoms with van der Waals surface area (Å²) in [6.07, 6.45) is -6.60. The predicted octanol–water partition coefficient (Wildman–Crippen LogP) is 3.56. The van der Waals surface area contributed by atoms with Crippen molar-refractivity contribution < 1.29 is 51.0 Å². The highest BCUT2D eigenvalue weighted by Crippen LogP contribution is 2.18. The Morgan fingerprint density at radius 3 is 2.00 bits per heavy atom. The number of hydrogen-bond acceptors (Lipinski definition) is 6. The molecule has 0 unspecified atom stereocenters. The fraction of sp³-hybridized carbons (Fsp3) is 0.200. The minimum Gasteiger partial charge on any atom is -0.475 e. The highest BCUT2D eigenvalue weighted by Gasteiger charge is 2.38. The molecular formula is C20H18F6N4O5. The van der Waals surface area contributed by atoms with Gasteiger partial charge in [0, 0.05) is 23.7 Å². The van der Waals surface area contributed by atoms with Crippen LogP contribution in [-0.2, 0) is 14.4 Å². The number of halogens is 6. The molecule has 0 aliphatic heterocycles. The fourth-order valence-electron chi connectivity index (χ4n) is 2.12. The number of nitrogens with one attached hydrogen (secondary N) is 1. The Kier molecular flexibility index (Phi) is 10.7. The van der Waals surface area contributed by atoms with Gasteiger partial charge in [-0.2, -0.15) is 26.3 Å². The number of carboxylic acid groups (broad SMARTS) is 2. The molecule has 35 heavy (non-hydrogen) atoms. The van der Waals surface area contributed by atoms with Crippen LogP contribution in [0.4, 0.5) is 26.3 Å². The molecule has 5 N–H and O–H groups in total. The normalized spacial score (nSPS) is 11.6. The lowest BCUT2D eigenvalue weighted by Crippen LogP contribution is -2.21. The van der Waals surface area contributed by atoms with Gasteiger partial charge in [-0.3, -0.25) is 4.98 Å². The van der Waals surface area contributed by atoms with Gasteiger partial charge in [-0.15, -0.1) is 0 Å². The number of hydrogen-bond donors (Lipinski definition) is 4. The van der Waals surface area contributed by atoms with Gasteiger partial charge in [-0.25, -0.2) is 9.59 Å². The monoisotopic (exact) mass is 508 g/mol. The number of fused-ring (bicyclic) bond motifs is 1. The number of H-pyrrole nitrogens is 1. The molecule has 0 bridgehead atoms. The first-order chi connectivity index (χ1) is 16.3. The van der Waals surface area contributed by atoms with E-state index in [1.807, 2.05) is 42.5 Å². The maximum atomic E-state index is 10.6. The SMILES string of the molecule is NCCON=C(c1ccccc1)c1cc2ccncc2[nH]1.O=C(O)C(F)(F)F.O=C(O)C(F)(F)F. The second-order valence-corrected chi connectivity index (χ2v) is 6.18. The number of aromatic amines is 1. The number of carbonyl (C=O) groups is 2. The Morgan fingerprint density at radius 1 is 1.00 bits per heavy atom. The molecule has 0 radical (unpaired) electrons. The van der Waals surface area contributed by atoms with Crippen molar-refractivity contribution in [1.82, 2.24) is 9.97 Å². The molecule has 0 atom stereocenters. The summed E-state index contributed by atoms with van der Waals surface area (Å²) in [5.41, 5.74) is 9.03. The van der Waals surface area contributed by atoms with Gasteiger partial charge in [0.15, 0.2) is 0 Å². The zero-order chi connectivity index (χ0) is 26.6. The fourth-order valence-corrected chi connectivity index (χ4v) is 2.12. The van der Waals surface area contributed by atoms with Gasteiger partial charge < -0.3 is 25.8 Å². The molecule has 0 aliphatic carbocycles. The van der Waals surface area contributed by atoms with Crippen LogP contribution >= 0.6 is 0 Å². The summed E-state index contributed by atoms with van der Waals surface area (Å²) in [7, 11) is 0. The molecule has 0 fully saturated rings. The van der Waals surface area contributed by atoms with E-state index in [2.05, 4.69) is 15.1 Å². The summed E-state index contributed by atoms with van der Waals surface area (Å²) in [6.45, 7) is 0.820. The third-order valence-electron chi connectivity index (χ3n) is 3.58. The number of nitrogens with zero attached hydrogens (tertiary/aromatic N) is 2. The van der Waals surface area contributed by atoms with Crippen LogP contribution in [0.3, 0.4) is 0 Å². The minimum atomic E-state index is -5.08. The van der Waals surface area contributed by atoms with Gasteiger partial charge in [-0.05, 0) is 12.1 Å². The largest absolute Gasteiger partial charge is 0.490 e. The van der Waals surface area contributed by atoms with Crippen LogP contribution in [0.5, 0.6) is 0 Å². The zero-order valence-corrected chi connectivity index (χ0v) is 17.5. The highest BCUT2D eigenvalue weighted by atomic mass is 19.4. The molecule has 2 aromatic heterocycles. The first kappa shape index (κ1) is 28.9. The summed E-state index contributed by atoms with van der Waals surface area (Å²) in [5.74, 6) is -5.51. The molecule has 0 amide bonds. The molecule has 0 saturated carbocycles. The molecule has 190 valence electrons. The van der Waals surface area contributed by atoms with E-state index in [1.165, 1.54) is 0 Å². The van der Waals surface area contributed by atoms with Crippen LogP contribution in [-0.4, -0.2) is 63.3 Å². The average molecular weight is 508 g/mol. The van der Waals surface area contributed by atoms with Crippen molar-refractivity contribution in [2.24, 2.45) is 10.9 Å². The molecule has 0 spiro atoms. The van der Waals surface area contributed by atoms with E-state index in [-0.39, 0.29) is 0 Å². The number of benzene rings is 1. The van der Waals surface area contributed by atoms with E-state index in [0.717, 1.165) is 27.9 Å². The van der Waals surface area contributed by atoms with Crippen molar-refractivity contribution in [2.75, 3.05) is 13.2 Å². The zero-order valence-electron chi connectivity index (χ0n) is 17.5. The smallest absolute Gasteiger partial charge is 0.475 e. The van der Waals surface area contributed by atoms with Gasteiger partial charge in [0.05, 0.1) is 17.4 Å². The molecule has 3 aromatic rings. The van der Waals surface area contributed by atoms with E-state index >= 15 is 0 Å². The van der Waals surface area contributed by atoms with E-state index in [4.69, 9.17) is 30.4 Å². The molecule has 0 aliphatic rings. The lowest BCUT2D eigenvalue weighted by atomic mass is 10.1. The summed E-state index contributed by atoms with van der Waals surface area (Å²) < 4.78 is 63.5. The first-order valence-corrected chi connectivity index (χ1v) is 9.26. The van der Waals surface area contributed by atoms with Crippen molar-refractivity contribution in [1.29, 1.82) is 0 Å². The number of carboxylic acids is 2. The Bertz CT molecular complexity index is 1070. The summed E-state index contributed by atoms with van der Waals surface area (Å²) >= 11 is 0. The van der Waals surface area contributed by atoms with Crippen molar-refractivity contribution in [2.45, 2.75) is 12.4 Å². The standard InChI is InChI=1S/C16H16N4O.2C2HF3O2/c17-7-9-21-20-16(12-4-2-1-3-5-12)14-10-13-6-8-18-11-15(13)19-14;2*3-2(4,5)1(6)7/h1-6,8,10-11,19H,7,9,17H2;2*(H,6,7). The molecular weight excluding hydrogens is 490 g/mol. The second-order valence-electron chi connectivity index (χ2n) is 6.18. The Balaban J connectivity index is 0.000000362. The number of pyridine rings is 1. The number of aromatic nitrogens is 2. The summed E-state index contributed by atoms with van der Waals surface area (Å²) in [5, 5.41) is 19.6. The molecule has 1 aromatic carbocycles. The predicted molar refractivity (Wildman–Crippen MR) is 111 cm³/mol. The minimum absolute atomic E-state index is 0.387. The molecule has 0 saturated heterocycles. The summed E-state index contributed by atoms with van der Waals surface area (Å²) in [4.78, 5) is 30.5. The lowest BCUT2D eigenvalue weighted by molar-refractivity contribution is -0.193. The van der Waals surface area contributed by atoms with E-state index in [0.29, 0.717) is 13.2 Å². The molecule has 2 heterocycles.